The van der Waals surface area contributed by atoms with E-state index < -0.39 is 20.0 Å². The molecule has 0 aromatic carbocycles. The van der Waals surface area contributed by atoms with E-state index in [1.54, 1.807) is 0 Å². The Hall–Kier alpha value is -0.500. The van der Waals surface area contributed by atoms with Gasteiger partial charge in [0.1, 0.15) is 13.2 Å². The topological polar surface area (TPSA) is 108 Å². The van der Waals surface area contributed by atoms with E-state index in [-0.39, 0.29) is 19.1 Å². The summed E-state index contributed by atoms with van der Waals surface area (Å²) in [4.78, 5) is 24.9. The van der Waals surface area contributed by atoms with E-state index >= 15 is 0 Å². The summed E-state index contributed by atoms with van der Waals surface area (Å²) in [5.74, 6) is -0.180. The molecule has 0 fully saturated rings. The minimum absolute atomic E-state index is 0.0148. The van der Waals surface area contributed by atoms with Gasteiger partial charge in [0.2, 0.25) is 5.91 Å². The number of quaternary nitrogens is 1. The highest BCUT2D eigenvalue weighted by Gasteiger charge is 2.24. The van der Waals surface area contributed by atoms with Gasteiger partial charge in [0.25, 0.3) is 7.82 Å². The maximum atomic E-state index is 12.6. The van der Waals surface area contributed by atoms with Crippen LogP contribution in [-0.2, 0) is 18.4 Å². The van der Waals surface area contributed by atoms with Gasteiger partial charge in [0.15, 0.2) is 0 Å². The molecule has 0 bridgehead atoms. The van der Waals surface area contributed by atoms with Gasteiger partial charge >= 0.3 is 0 Å². The van der Waals surface area contributed by atoms with Crippen molar-refractivity contribution >= 4 is 13.7 Å². The summed E-state index contributed by atoms with van der Waals surface area (Å²) in [6, 6.07) is -0.790. The Morgan fingerprint density at radius 2 is 0.891 bits per heavy atom. The predicted octanol–water partition coefficient (Wildman–Crippen LogP) is 12.7. The van der Waals surface area contributed by atoms with E-state index in [4.69, 9.17) is 9.05 Å². The van der Waals surface area contributed by atoms with Gasteiger partial charge in [-0.2, -0.15) is 0 Å². The molecule has 0 spiro atoms. The number of unbranched alkanes of at least 4 members (excludes halogenated alkanes) is 31. The van der Waals surface area contributed by atoms with Crippen LogP contribution in [0.2, 0.25) is 0 Å². The second-order valence-electron chi connectivity index (χ2n) is 17.8. The highest BCUT2D eigenvalue weighted by Crippen LogP contribution is 2.38. The number of amides is 1. The molecule has 3 unspecified atom stereocenters. The first kappa shape index (κ1) is 54.5. The molecule has 2 N–H and O–H groups in total. The third kappa shape index (κ3) is 41.5. The van der Waals surface area contributed by atoms with Crippen LogP contribution in [-0.4, -0.2) is 68.5 Å². The zero-order chi connectivity index (χ0) is 40.7. The molecular weight excluding hydrogens is 707 g/mol. The summed E-state index contributed by atoms with van der Waals surface area (Å²) < 4.78 is 23.1. The first-order chi connectivity index (χ1) is 26.5. The first-order valence-electron chi connectivity index (χ1n) is 23.9. The minimum atomic E-state index is -4.54. The average molecular weight is 803 g/mol. The summed E-state index contributed by atoms with van der Waals surface area (Å²) in [5.41, 5.74) is 0. The number of aliphatic hydroxyl groups is 1. The molecule has 0 aromatic heterocycles. The van der Waals surface area contributed by atoms with Crippen molar-refractivity contribution in [1.29, 1.82) is 0 Å². The van der Waals surface area contributed by atoms with E-state index in [2.05, 4.69) is 19.2 Å². The van der Waals surface area contributed by atoms with Crippen molar-refractivity contribution in [3.63, 3.8) is 0 Å². The molecule has 0 heterocycles. The van der Waals surface area contributed by atoms with Crippen LogP contribution in [0.5, 0.6) is 0 Å². The number of likely N-dealkylation sites (N-methyl/N-ethyl adjacent to an activating group) is 1. The quantitative estimate of drug-likeness (QED) is 0.0361. The molecule has 1 amide bonds. The summed E-state index contributed by atoms with van der Waals surface area (Å²) in [6.45, 7) is 4.62. The van der Waals surface area contributed by atoms with Gasteiger partial charge in [-0.05, 0) is 12.8 Å². The maximum absolute atomic E-state index is 12.6. The number of hydrogen-bond acceptors (Lipinski definition) is 6. The Labute approximate surface area is 342 Å². The van der Waals surface area contributed by atoms with Crippen molar-refractivity contribution in [2.24, 2.45) is 0 Å². The lowest BCUT2D eigenvalue weighted by atomic mass is 10.0. The molecular formula is C46H95N2O6P. The average Bonchev–Trinajstić information content (AvgIpc) is 3.13. The molecule has 0 rings (SSSR count). The van der Waals surface area contributed by atoms with E-state index in [0.29, 0.717) is 23.9 Å². The lowest BCUT2D eigenvalue weighted by Crippen LogP contribution is -2.46. The largest absolute Gasteiger partial charge is 0.756 e. The molecule has 0 saturated heterocycles. The third-order valence-corrected chi connectivity index (χ3v) is 12.1. The lowest BCUT2D eigenvalue weighted by Gasteiger charge is -2.30. The molecule has 0 aromatic rings. The fourth-order valence-corrected chi connectivity index (χ4v) is 8.00. The number of carbonyl (C=O) groups is 1. The number of nitrogens with one attached hydrogen (secondary N) is 1. The van der Waals surface area contributed by atoms with Gasteiger partial charge in [0.05, 0.1) is 39.9 Å². The second kappa shape index (κ2) is 39.0. The van der Waals surface area contributed by atoms with Crippen molar-refractivity contribution in [2.45, 2.75) is 251 Å². The van der Waals surface area contributed by atoms with Crippen LogP contribution < -0.4 is 10.2 Å². The zero-order valence-corrected chi connectivity index (χ0v) is 38.3. The lowest BCUT2D eigenvalue weighted by molar-refractivity contribution is -0.870. The van der Waals surface area contributed by atoms with E-state index in [1.807, 2.05) is 21.1 Å². The molecule has 0 aliphatic carbocycles. The van der Waals surface area contributed by atoms with Crippen molar-refractivity contribution in [1.82, 2.24) is 5.32 Å². The minimum Gasteiger partial charge on any atom is -0.756 e. The number of aliphatic hydroxyl groups excluding tert-OH is 1. The molecule has 0 aliphatic rings. The summed E-state index contributed by atoms with van der Waals surface area (Å²) >= 11 is 0. The highest BCUT2D eigenvalue weighted by molar-refractivity contribution is 7.45. The van der Waals surface area contributed by atoms with Crippen molar-refractivity contribution < 1.29 is 32.9 Å². The van der Waals surface area contributed by atoms with Crippen LogP contribution in [0.15, 0.2) is 0 Å². The van der Waals surface area contributed by atoms with Gasteiger partial charge in [-0.25, -0.2) is 0 Å². The van der Waals surface area contributed by atoms with Crippen LogP contribution in [0.3, 0.4) is 0 Å². The first-order valence-corrected chi connectivity index (χ1v) is 25.3. The molecule has 3 atom stereocenters. The number of nitrogens with zero attached hydrogens (tertiary/aromatic N) is 1. The molecule has 55 heavy (non-hydrogen) atoms. The van der Waals surface area contributed by atoms with Crippen LogP contribution >= 0.6 is 7.82 Å². The van der Waals surface area contributed by atoms with Gasteiger partial charge in [-0.15, -0.1) is 0 Å². The fraction of sp³-hybridized carbons (Fsp3) is 0.978. The number of phosphoric ester groups is 1. The van der Waals surface area contributed by atoms with Crippen molar-refractivity contribution in [2.75, 3.05) is 40.9 Å². The summed E-state index contributed by atoms with van der Waals surface area (Å²) in [6.07, 6.45) is 43.4. The van der Waals surface area contributed by atoms with Crippen LogP contribution in [0, 0.1) is 0 Å². The number of phosphoric acid groups is 1. The number of rotatable bonds is 44. The molecule has 0 saturated carbocycles. The maximum Gasteiger partial charge on any atom is 0.268 e. The van der Waals surface area contributed by atoms with Gasteiger partial charge in [0, 0.05) is 6.42 Å². The zero-order valence-electron chi connectivity index (χ0n) is 37.4. The van der Waals surface area contributed by atoms with E-state index in [0.717, 1.165) is 44.9 Å². The Morgan fingerprint density at radius 3 is 1.24 bits per heavy atom. The molecule has 330 valence electrons. The Kier molecular flexibility index (Phi) is 38.6. The van der Waals surface area contributed by atoms with Crippen molar-refractivity contribution in [3.8, 4) is 0 Å². The third-order valence-electron chi connectivity index (χ3n) is 11.1. The normalized spacial score (nSPS) is 14.2. The Balaban J connectivity index is 3.82. The Morgan fingerprint density at radius 1 is 0.564 bits per heavy atom. The van der Waals surface area contributed by atoms with Gasteiger partial charge in [-0.1, -0.05) is 219 Å². The van der Waals surface area contributed by atoms with Crippen LogP contribution in [0.25, 0.3) is 0 Å². The standard InChI is InChI=1S/C46H95N2O6P/c1-6-8-10-12-13-14-15-16-17-18-19-20-21-22-23-24-25-26-27-28-29-30-31-32-33-34-35-36-37-39-45(49)44(47-46(50)40-38-11-9-7-2)43-54-55(51,52)53-42-41-48(3,4)5/h44-45,49H,6-43H2,1-5H3,(H-,47,50,51,52). The van der Waals surface area contributed by atoms with Gasteiger partial charge in [-0.3, -0.25) is 9.36 Å². The molecule has 0 aliphatic heterocycles. The van der Waals surface area contributed by atoms with E-state index in [1.165, 1.54) is 167 Å². The Bertz CT molecular complexity index is 870. The SMILES string of the molecule is CCCCCCCCCCCCCCCCCCCCCCCCCCCCCCCC(O)C(COP(=O)([O-])OCC[N+](C)(C)C)NC(=O)CCCCCC. The summed E-state index contributed by atoms with van der Waals surface area (Å²) in [7, 11) is 1.31. The highest BCUT2D eigenvalue weighted by atomic mass is 31.2. The van der Waals surface area contributed by atoms with Crippen LogP contribution in [0.1, 0.15) is 239 Å². The summed E-state index contributed by atoms with van der Waals surface area (Å²) in [5, 5.41) is 13.8. The monoisotopic (exact) mass is 803 g/mol. The second-order valence-corrected chi connectivity index (χ2v) is 19.2. The van der Waals surface area contributed by atoms with Gasteiger partial charge < -0.3 is 28.8 Å². The number of hydrogen-bond donors (Lipinski definition) is 2. The predicted molar refractivity (Wildman–Crippen MR) is 233 cm³/mol. The fourth-order valence-electron chi connectivity index (χ4n) is 7.28. The van der Waals surface area contributed by atoms with Crippen LogP contribution in [0.4, 0.5) is 0 Å². The van der Waals surface area contributed by atoms with Crippen molar-refractivity contribution in [3.05, 3.63) is 0 Å². The molecule has 0 radical (unpaired) electrons. The smallest absolute Gasteiger partial charge is 0.268 e. The van der Waals surface area contributed by atoms with E-state index in [9.17, 15) is 19.4 Å². The number of carbonyl (C=O) groups excluding carboxylic acids is 1. The molecule has 9 heteroatoms. The molecule has 8 nitrogen and oxygen atoms in total.